The third kappa shape index (κ3) is 5.84. The number of amides is 2. The van der Waals surface area contributed by atoms with Crippen molar-refractivity contribution in [2.75, 3.05) is 39.6 Å². The van der Waals surface area contributed by atoms with E-state index in [9.17, 15) is 9.59 Å². The fourth-order valence-corrected chi connectivity index (χ4v) is 4.08. The van der Waals surface area contributed by atoms with Gasteiger partial charge in [-0.2, -0.15) is 0 Å². The van der Waals surface area contributed by atoms with E-state index in [2.05, 4.69) is 10.3 Å². The van der Waals surface area contributed by atoms with Crippen LogP contribution in [0.15, 0.2) is 59.6 Å². The zero-order valence-corrected chi connectivity index (χ0v) is 18.2. The fourth-order valence-electron chi connectivity index (χ4n) is 2.90. The number of nitrogens with zero attached hydrogens (tertiary/aromatic N) is 3. The molecule has 1 saturated heterocycles. The Hall–Kier alpha value is -2.84. The maximum Gasteiger partial charge on any atom is 0.242 e. The number of rotatable bonds is 8. The van der Waals surface area contributed by atoms with Gasteiger partial charge in [-0.25, -0.2) is 4.99 Å². The van der Waals surface area contributed by atoms with E-state index < -0.39 is 5.25 Å². The maximum atomic E-state index is 13.0. The quantitative estimate of drug-likeness (QED) is 0.702. The normalized spacial score (nSPS) is 17.6. The molecule has 7 nitrogen and oxygen atoms in total. The molecule has 1 heterocycles. The van der Waals surface area contributed by atoms with E-state index in [-0.39, 0.29) is 18.2 Å². The van der Waals surface area contributed by atoms with Crippen LogP contribution in [0.1, 0.15) is 6.42 Å². The molecule has 2 aromatic carbocycles. The largest absolute Gasteiger partial charge is 0.497 e. The first-order chi connectivity index (χ1) is 14.5. The van der Waals surface area contributed by atoms with E-state index in [1.807, 2.05) is 73.6 Å². The number of benzene rings is 2. The lowest BCUT2D eigenvalue weighted by Crippen LogP contribution is -2.38. The SMILES string of the molecule is COc1ccc(N=C2S[C@H](CC(=O)Nc3ccccc3)C(=O)N2CCN(C)C)cc1. The van der Waals surface area contributed by atoms with Crippen LogP contribution < -0.4 is 10.1 Å². The van der Waals surface area contributed by atoms with Crippen LogP contribution in [-0.2, 0) is 9.59 Å². The summed E-state index contributed by atoms with van der Waals surface area (Å²) in [6.07, 6.45) is 0.0957. The molecule has 0 spiro atoms. The first-order valence-corrected chi connectivity index (χ1v) is 10.5. The number of likely N-dealkylation sites (N-methyl/N-ethyl adjacent to an activating group) is 1. The van der Waals surface area contributed by atoms with Crippen LogP contribution in [0.5, 0.6) is 5.75 Å². The first kappa shape index (κ1) is 21.9. The second kappa shape index (κ2) is 10.3. The average molecular weight is 427 g/mol. The Labute approximate surface area is 181 Å². The molecule has 1 aliphatic heterocycles. The van der Waals surface area contributed by atoms with Crippen LogP contribution in [0.4, 0.5) is 11.4 Å². The van der Waals surface area contributed by atoms with E-state index in [0.29, 0.717) is 18.3 Å². The molecule has 0 radical (unpaired) electrons. The Balaban J connectivity index is 1.74. The number of anilines is 1. The minimum absolute atomic E-state index is 0.0858. The Morgan fingerprint density at radius 1 is 1.17 bits per heavy atom. The van der Waals surface area contributed by atoms with Crippen molar-refractivity contribution in [3.8, 4) is 5.75 Å². The van der Waals surface area contributed by atoms with Gasteiger partial charge in [0.05, 0.1) is 12.8 Å². The van der Waals surface area contributed by atoms with Crippen LogP contribution in [-0.4, -0.2) is 66.3 Å². The van der Waals surface area contributed by atoms with Crippen LogP contribution in [0.2, 0.25) is 0 Å². The topological polar surface area (TPSA) is 74.2 Å². The van der Waals surface area contributed by atoms with E-state index >= 15 is 0 Å². The smallest absolute Gasteiger partial charge is 0.242 e. The van der Waals surface area contributed by atoms with Gasteiger partial charge in [0.25, 0.3) is 0 Å². The Morgan fingerprint density at radius 3 is 2.50 bits per heavy atom. The Morgan fingerprint density at radius 2 is 1.87 bits per heavy atom. The third-order valence-electron chi connectivity index (χ3n) is 4.52. The van der Waals surface area contributed by atoms with Gasteiger partial charge in [-0.1, -0.05) is 30.0 Å². The molecule has 1 aliphatic rings. The molecule has 30 heavy (non-hydrogen) atoms. The first-order valence-electron chi connectivity index (χ1n) is 9.66. The molecule has 158 valence electrons. The molecule has 0 unspecified atom stereocenters. The molecule has 0 aliphatic carbocycles. The van der Waals surface area contributed by atoms with Gasteiger partial charge in [-0.15, -0.1) is 0 Å². The summed E-state index contributed by atoms with van der Waals surface area (Å²) in [6, 6.07) is 16.6. The number of aliphatic imine (C=N–C) groups is 1. The highest BCUT2D eigenvalue weighted by atomic mass is 32.2. The van der Waals surface area contributed by atoms with Gasteiger partial charge < -0.3 is 15.0 Å². The summed E-state index contributed by atoms with van der Waals surface area (Å²) in [7, 11) is 5.53. The second-order valence-corrected chi connectivity index (χ2v) is 8.28. The number of methoxy groups -OCH3 is 1. The van der Waals surface area contributed by atoms with E-state index in [1.165, 1.54) is 11.8 Å². The molecule has 1 atom stereocenters. The van der Waals surface area contributed by atoms with Gasteiger partial charge in [-0.3, -0.25) is 14.5 Å². The van der Waals surface area contributed by atoms with Crippen molar-refractivity contribution in [2.24, 2.45) is 4.99 Å². The number of carbonyl (C=O) groups is 2. The summed E-state index contributed by atoms with van der Waals surface area (Å²) in [5, 5.41) is 2.97. The molecule has 2 aromatic rings. The summed E-state index contributed by atoms with van der Waals surface area (Å²) >= 11 is 1.34. The third-order valence-corrected chi connectivity index (χ3v) is 5.69. The lowest BCUT2D eigenvalue weighted by Gasteiger charge is -2.19. The van der Waals surface area contributed by atoms with Crippen molar-refractivity contribution >= 4 is 40.1 Å². The Bertz CT molecular complexity index is 900. The van der Waals surface area contributed by atoms with Gasteiger partial charge in [0.2, 0.25) is 11.8 Å². The molecule has 0 aromatic heterocycles. The van der Waals surface area contributed by atoms with Crippen molar-refractivity contribution in [3.05, 3.63) is 54.6 Å². The minimum atomic E-state index is -0.493. The van der Waals surface area contributed by atoms with Crippen molar-refractivity contribution in [2.45, 2.75) is 11.7 Å². The van der Waals surface area contributed by atoms with Crippen LogP contribution in [0, 0.1) is 0 Å². The molecular weight excluding hydrogens is 400 g/mol. The van der Waals surface area contributed by atoms with Gasteiger partial charge in [0.1, 0.15) is 11.0 Å². The molecule has 8 heteroatoms. The number of ether oxygens (including phenoxy) is 1. The summed E-state index contributed by atoms with van der Waals surface area (Å²) in [4.78, 5) is 33.8. The summed E-state index contributed by atoms with van der Waals surface area (Å²) < 4.78 is 5.18. The van der Waals surface area contributed by atoms with Gasteiger partial charge in [-0.05, 0) is 50.5 Å². The number of nitrogens with one attached hydrogen (secondary N) is 1. The molecule has 1 fully saturated rings. The lowest BCUT2D eigenvalue weighted by molar-refractivity contribution is -0.128. The lowest BCUT2D eigenvalue weighted by atomic mass is 10.2. The number of carbonyl (C=O) groups excluding carboxylic acids is 2. The number of amidine groups is 1. The van der Waals surface area contributed by atoms with Crippen molar-refractivity contribution < 1.29 is 14.3 Å². The predicted molar refractivity (Wildman–Crippen MR) is 121 cm³/mol. The number of thioether (sulfide) groups is 1. The molecule has 1 N–H and O–H groups in total. The summed E-state index contributed by atoms with van der Waals surface area (Å²) in [5.41, 5.74) is 1.45. The predicted octanol–water partition coefficient (Wildman–Crippen LogP) is 3.22. The molecule has 2 amide bonds. The number of hydrogen-bond donors (Lipinski definition) is 1. The van der Waals surface area contributed by atoms with Gasteiger partial charge >= 0.3 is 0 Å². The molecular formula is C22H26N4O3S. The second-order valence-electron chi connectivity index (χ2n) is 7.11. The van der Waals surface area contributed by atoms with Crippen LogP contribution in [0.3, 0.4) is 0 Å². The molecule has 0 bridgehead atoms. The highest BCUT2D eigenvalue weighted by molar-refractivity contribution is 8.15. The monoisotopic (exact) mass is 426 g/mol. The van der Waals surface area contributed by atoms with Crippen LogP contribution in [0.25, 0.3) is 0 Å². The standard InChI is InChI=1S/C22H26N4O3S/c1-25(2)13-14-26-21(28)19(15-20(27)23-16-7-5-4-6-8-16)30-22(26)24-17-9-11-18(29-3)12-10-17/h4-12,19H,13-15H2,1-3H3,(H,23,27)/t19-/m1/s1. The van der Waals surface area contributed by atoms with E-state index in [4.69, 9.17) is 4.74 Å². The Kier molecular flexibility index (Phi) is 7.48. The van der Waals surface area contributed by atoms with Gasteiger partial charge in [0, 0.05) is 25.2 Å². The number of hydrogen-bond acceptors (Lipinski definition) is 6. The highest BCUT2D eigenvalue weighted by Crippen LogP contribution is 2.32. The van der Waals surface area contributed by atoms with E-state index in [1.54, 1.807) is 12.0 Å². The maximum absolute atomic E-state index is 13.0. The zero-order chi connectivity index (χ0) is 21.5. The van der Waals surface area contributed by atoms with Crippen LogP contribution >= 0.6 is 11.8 Å². The molecule has 0 saturated carbocycles. The number of para-hydroxylation sites is 1. The fraction of sp³-hybridized carbons (Fsp3) is 0.318. The highest BCUT2D eigenvalue weighted by Gasteiger charge is 2.39. The van der Waals surface area contributed by atoms with Crippen molar-refractivity contribution in [1.29, 1.82) is 0 Å². The minimum Gasteiger partial charge on any atom is -0.497 e. The van der Waals surface area contributed by atoms with Crippen molar-refractivity contribution in [3.63, 3.8) is 0 Å². The zero-order valence-electron chi connectivity index (χ0n) is 17.4. The average Bonchev–Trinajstić information content (AvgIpc) is 3.01. The molecule has 3 rings (SSSR count). The van der Waals surface area contributed by atoms with Crippen molar-refractivity contribution in [1.82, 2.24) is 9.80 Å². The van der Waals surface area contributed by atoms with E-state index in [0.717, 1.165) is 17.1 Å². The van der Waals surface area contributed by atoms with Gasteiger partial charge in [0.15, 0.2) is 5.17 Å². The summed E-state index contributed by atoms with van der Waals surface area (Å²) in [6.45, 7) is 1.22. The summed E-state index contributed by atoms with van der Waals surface area (Å²) in [5.74, 6) is 0.469.